The molecule has 0 aliphatic heterocycles. The summed E-state index contributed by atoms with van der Waals surface area (Å²) in [6.45, 7) is 8.88. The van der Waals surface area contributed by atoms with E-state index in [1.807, 2.05) is 12.3 Å². The minimum absolute atomic E-state index is 0.491. The fourth-order valence-corrected chi connectivity index (χ4v) is 10.6. The third-order valence-electron chi connectivity index (χ3n) is 12.9. The molecule has 0 bridgehead atoms. The van der Waals surface area contributed by atoms with Gasteiger partial charge in [-0.15, -0.1) is 0 Å². The molecule has 0 spiro atoms. The summed E-state index contributed by atoms with van der Waals surface area (Å²) in [5.74, 6) is 5.33. The van der Waals surface area contributed by atoms with Crippen molar-refractivity contribution in [2.75, 3.05) is 0 Å². The summed E-state index contributed by atoms with van der Waals surface area (Å²) in [6.07, 6.45) is 21.0. The average Bonchev–Trinajstić information content (AvgIpc) is 3.67. The summed E-state index contributed by atoms with van der Waals surface area (Å²) >= 11 is 0. The first-order valence-electron chi connectivity index (χ1n) is 20.4. The van der Waals surface area contributed by atoms with Gasteiger partial charge >= 0.3 is 0 Å². The zero-order valence-electron chi connectivity index (χ0n) is 32.1. The lowest BCUT2D eigenvalue weighted by Gasteiger charge is -2.43. The topological polar surface area (TPSA) is 44.9 Å². The number of hydrogen-bond acceptors (Lipinski definition) is 3. The van der Waals surface area contributed by atoms with Gasteiger partial charge in [0.2, 0.25) is 0 Å². The molecule has 0 N–H and O–H groups in total. The van der Waals surface area contributed by atoms with Crippen LogP contribution in [-0.2, 0) is 0 Å². The number of benzene rings is 3. The molecular formula is C48H54N4O. The van der Waals surface area contributed by atoms with Gasteiger partial charge in [-0.2, -0.15) is 5.10 Å². The number of nitrogens with zero attached hydrogens (tertiary/aromatic N) is 4. The highest BCUT2D eigenvalue weighted by Gasteiger charge is 2.40. The Morgan fingerprint density at radius 1 is 0.679 bits per heavy atom. The van der Waals surface area contributed by atoms with Gasteiger partial charge in [-0.25, -0.2) is 9.67 Å². The first-order valence-corrected chi connectivity index (χ1v) is 20.4. The van der Waals surface area contributed by atoms with E-state index in [2.05, 4.69) is 110 Å². The molecule has 9 rings (SSSR count). The van der Waals surface area contributed by atoms with Gasteiger partial charge in [0, 0.05) is 46.3 Å². The first kappa shape index (κ1) is 34.1. The van der Waals surface area contributed by atoms with Crippen LogP contribution in [0.15, 0.2) is 90.6 Å². The Morgan fingerprint density at radius 2 is 1.45 bits per heavy atom. The van der Waals surface area contributed by atoms with E-state index in [0.717, 1.165) is 57.4 Å². The number of aromatic nitrogens is 4. The molecule has 3 aliphatic rings. The molecule has 272 valence electrons. The molecule has 0 amide bonds. The highest BCUT2D eigenvalue weighted by Crippen LogP contribution is 2.52. The van der Waals surface area contributed by atoms with Gasteiger partial charge < -0.3 is 4.74 Å². The van der Waals surface area contributed by atoms with Gasteiger partial charge in [-0.3, -0.25) is 4.57 Å². The standard InChI is InChI=1S/C48H54N4O/c1-31-24-25-49-46(28-31)51-44-21-12-11-18-42(44)43-23-22-38(30-45(43)51)53-39-27-32(2)26-37(29-39)52-34(4)47(33(3)50-52)48-40(35-14-7-5-8-15-35)19-13-20-41(48)36-16-9-6-10-17-36/h11-12,18-19,21-30,35-36,41,48H,5-10,13-17,20H2,1-4H3/t41-,48?/m1/s1. The molecule has 3 aromatic carbocycles. The maximum atomic E-state index is 6.74. The van der Waals surface area contributed by atoms with Crippen molar-refractivity contribution in [2.24, 2.45) is 17.8 Å². The SMILES string of the molecule is Cc1cc(Oc2ccc3c4ccccc4n(-c4cc(C)ccn4)c3c2)cc(-n2nc(C)c(C3C(C4CCCCC4)=CCC[C@@H]3C3CCCCC3)c2C)c1. The Kier molecular flexibility index (Phi) is 9.22. The van der Waals surface area contributed by atoms with Crippen molar-refractivity contribution in [3.8, 4) is 23.0 Å². The number of ether oxygens (including phenoxy) is 1. The molecule has 5 nitrogen and oxygen atoms in total. The summed E-state index contributed by atoms with van der Waals surface area (Å²) in [5.41, 5.74) is 11.4. The second-order valence-corrected chi connectivity index (χ2v) is 16.5. The molecule has 53 heavy (non-hydrogen) atoms. The van der Waals surface area contributed by atoms with E-state index in [1.165, 1.54) is 110 Å². The molecule has 3 heterocycles. The lowest BCUT2D eigenvalue weighted by Crippen LogP contribution is -2.31. The van der Waals surface area contributed by atoms with E-state index in [9.17, 15) is 0 Å². The van der Waals surface area contributed by atoms with Gasteiger partial charge in [-0.05, 0) is 125 Å². The van der Waals surface area contributed by atoms with Crippen LogP contribution in [0, 0.1) is 45.4 Å². The van der Waals surface area contributed by atoms with E-state index >= 15 is 0 Å². The first-order chi connectivity index (χ1) is 25.9. The zero-order valence-corrected chi connectivity index (χ0v) is 32.1. The van der Waals surface area contributed by atoms with Crippen LogP contribution in [-0.4, -0.2) is 19.3 Å². The Morgan fingerprint density at radius 3 is 2.26 bits per heavy atom. The van der Waals surface area contributed by atoms with Crippen molar-refractivity contribution in [3.05, 3.63) is 119 Å². The maximum absolute atomic E-state index is 6.74. The van der Waals surface area contributed by atoms with Crippen LogP contribution in [0.25, 0.3) is 33.3 Å². The Hall–Kier alpha value is -4.64. The lowest BCUT2D eigenvalue weighted by atomic mass is 9.62. The predicted octanol–water partition coefficient (Wildman–Crippen LogP) is 13.0. The second kappa shape index (κ2) is 14.3. The Balaban J connectivity index is 1.09. The number of rotatable bonds is 7. The smallest absolute Gasteiger partial charge is 0.137 e. The number of pyridine rings is 1. The van der Waals surface area contributed by atoms with E-state index in [1.54, 1.807) is 5.57 Å². The number of aryl methyl sites for hydroxylation is 3. The monoisotopic (exact) mass is 702 g/mol. The summed E-state index contributed by atoms with van der Waals surface area (Å²) in [7, 11) is 0. The summed E-state index contributed by atoms with van der Waals surface area (Å²) in [6, 6.07) is 25.8. The van der Waals surface area contributed by atoms with E-state index in [-0.39, 0.29) is 0 Å². The van der Waals surface area contributed by atoms with Crippen molar-refractivity contribution < 1.29 is 4.74 Å². The molecule has 2 atom stereocenters. The molecule has 3 aromatic heterocycles. The number of fused-ring (bicyclic) bond motifs is 3. The highest BCUT2D eigenvalue weighted by atomic mass is 16.5. The van der Waals surface area contributed by atoms with Gasteiger partial charge in [0.15, 0.2) is 0 Å². The van der Waals surface area contributed by atoms with Crippen LogP contribution < -0.4 is 4.74 Å². The van der Waals surface area contributed by atoms with Gasteiger partial charge in [0.1, 0.15) is 17.3 Å². The summed E-state index contributed by atoms with van der Waals surface area (Å²) in [5, 5.41) is 7.74. The number of para-hydroxylation sites is 1. The second-order valence-electron chi connectivity index (χ2n) is 16.5. The normalized spacial score (nSPS) is 20.3. The molecule has 3 aliphatic carbocycles. The minimum Gasteiger partial charge on any atom is -0.457 e. The molecule has 5 heteroatoms. The largest absolute Gasteiger partial charge is 0.457 e. The lowest BCUT2D eigenvalue weighted by molar-refractivity contribution is 0.198. The third kappa shape index (κ3) is 6.40. The Bertz CT molecular complexity index is 2310. The quantitative estimate of drug-likeness (QED) is 0.156. The van der Waals surface area contributed by atoms with E-state index < -0.39 is 0 Å². The van der Waals surface area contributed by atoms with Crippen molar-refractivity contribution in [3.63, 3.8) is 0 Å². The molecule has 2 saturated carbocycles. The predicted molar refractivity (Wildman–Crippen MR) is 218 cm³/mol. The number of hydrogen-bond donors (Lipinski definition) is 0. The maximum Gasteiger partial charge on any atom is 0.137 e. The third-order valence-corrected chi connectivity index (χ3v) is 12.9. The van der Waals surface area contributed by atoms with Gasteiger partial charge in [0.05, 0.1) is 22.4 Å². The number of allylic oxidation sites excluding steroid dienone is 2. The van der Waals surface area contributed by atoms with Crippen LogP contribution in [0.1, 0.15) is 111 Å². The highest BCUT2D eigenvalue weighted by molar-refractivity contribution is 6.09. The van der Waals surface area contributed by atoms with Gasteiger partial charge in [0.25, 0.3) is 0 Å². The van der Waals surface area contributed by atoms with E-state index in [0.29, 0.717) is 5.92 Å². The van der Waals surface area contributed by atoms with Crippen LogP contribution in [0.5, 0.6) is 11.5 Å². The molecule has 2 fully saturated rings. The summed E-state index contributed by atoms with van der Waals surface area (Å²) in [4.78, 5) is 4.77. The Labute approximate surface area is 315 Å². The average molecular weight is 703 g/mol. The van der Waals surface area contributed by atoms with Crippen LogP contribution >= 0.6 is 0 Å². The van der Waals surface area contributed by atoms with Crippen LogP contribution in [0.3, 0.4) is 0 Å². The van der Waals surface area contributed by atoms with Crippen molar-refractivity contribution in [1.29, 1.82) is 0 Å². The van der Waals surface area contributed by atoms with Crippen molar-refractivity contribution in [2.45, 2.75) is 111 Å². The van der Waals surface area contributed by atoms with Crippen molar-refractivity contribution >= 4 is 21.8 Å². The van der Waals surface area contributed by atoms with Crippen molar-refractivity contribution in [1.82, 2.24) is 19.3 Å². The van der Waals surface area contributed by atoms with E-state index in [4.69, 9.17) is 14.8 Å². The minimum atomic E-state index is 0.491. The fourth-order valence-electron chi connectivity index (χ4n) is 10.6. The van der Waals surface area contributed by atoms with Crippen LogP contribution in [0.2, 0.25) is 0 Å². The summed E-state index contributed by atoms with van der Waals surface area (Å²) < 4.78 is 11.2. The molecular weight excluding hydrogens is 649 g/mol. The molecule has 0 saturated heterocycles. The molecule has 0 radical (unpaired) electrons. The zero-order chi connectivity index (χ0) is 36.1. The van der Waals surface area contributed by atoms with Gasteiger partial charge in [-0.1, -0.05) is 81.2 Å². The fraction of sp³-hybridized carbons (Fsp3) is 0.417. The molecule has 1 unspecified atom stereocenters. The molecule has 6 aromatic rings. The van der Waals surface area contributed by atoms with Crippen LogP contribution in [0.4, 0.5) is 0 Å².